The maximum atomic E-state index is 10.1. The number of aromatic nitrogens is 1. The van der Waals surface area contributed by atoms with E-state index in [1.54, 1.807) is 18.3 Å². The van der Waals surface area contributed by atoms with Gasteiger partial charge in [0.05, 0.1) is 11.9 Å². The van der Waals surface area contributed by atoms with Crippen LogP contribution >= 0.6 is 0 Å². The fourth-order valence-electron chi connectivity index (χ4n) is 0.674. The first-order valence-electron chi connectivity index (χ1n) is 3.11. The average Bonchev–Trinajstić information content (AvgIpc) is 2.05. The van der Waals surface area contributed by atoms with Gasteiger partial charge in [-0.2, -0.15) is 4.28 Å². The van der Waals surface area contributed by atoms with Crippen molar-refractivity contribution < 1.29 is 13.0 Å². The Hall–Kier alpha value is -0.980. The maximum absolute atomic E-state index is 10.1. The highest BCUT2D eigenvalue weighted by Crippen LogP contribution is 2.09. The first-order valence-corrected chi connectivity index (χ1v) is 4.11. The first kappa shape index (κ1) is 9.11. The highest BCUT2D eigenvalue weighted by atomic mass is 32.2. The van der Waals surface area contributed by atoms with Gasteiger partial charge < -0.3 is 4.55 Å². The maximum Gasteiger partial charge on any atom is 0.112 e. The normalized spacial score (nSPS) is 12.5. The van der Waals surface area contributed by atoms with Crippen molar-refractivity contribution in [3.8, 4) is 0 Å². The summed E-state index contributed by atoms with van der Waals surface area (Å²) in [4.78, 5) is 3.79. The van der Waals surface area contributed by atoms with Crippen LogP contribution in [0.5, 0.6) is 0 Å². The smallest absolute Gasteiger partial charge is 0.112 e. The molecule has 0 aromatic carbocycles. The number of rotatable bonds is 3. The summed E-state index contributed by atoms with van der Waals surface area (Å²) >= 11 is -2.55. The van der Waals surface area contributed by atoms with Gasteiger partial charge >= 0.3 is 0 Å². The molecule has 0 bridgehead atoms. The van der Waals surface area contributed by atoms with Crippen molar-refractivity contribution in [3.05, 3.63) is 24.5 Å². The topological polar surface area (TPSA) is 65.5 Å². The third-order valence-corrected chi connectivity index (χ3v) is 1.53. The van der Waals surface area contributed by atoms with E-state index in [-0.39, 0.29) is 0 Å². The summed E-state index contributed by atoms with van der Waals surface area (Å²) < 4.78 is 24.5. The summed E-state index contributed by atoms with van der Waals surface area (Å²) in [6.45, 7) is 0. The number of hydrogen-bond acceptors (Lipinski definition) is 5. The molecule has 0 aliphatic carbocycles. The van der Waals surface area contributed by atoms with E-state index in [1.807, 2.05) is 0 Å². The van der Waals surface area contributed by atoms with E-state index in [4.69, 9.17) is 0 Å². The molecule has 0 N–H and O–H groups in total. The van der Waals surface area contributed by atoms with Crippen molar-refractivity contribution >= 4 is 17.0 Å². The molecular formula is C6H7N2O3S-. The summed E-state index contributed by atoms with van der Waals surface area (Å²) in [6.07, 6.45) is 3.08. The Balaban J connectivity index is 2.65. The van der Waals surface area contributed by atoms with Crippen molar-refractivity contribution in [2.45, 2.75) is 0 Å². The van der Waals surface area contributed by atoms with Crippen LogP contribution in [-0.2, 0) is 15.6 Å². The second kappa shape index (κ2) is 4.15. The molecular weight excluding hydrogens is 180 g/mol. The molecule has 0 spiro atoms. The highest BCUT2D eigenvalue weighted by Gasteiger charge is 1.99. The third kappa shape index (κ3) is 2.57. The van der Waals surface area contributed by atoms with Gasteiger partial charge in [-0.3, -0.25) is 4.98 Å². The lowest BCUT2D eigenvalue weighted by Crippen LogP contribution is -2.18. The van der Waals surface area contributed by atoms with E-state index in [2.05, 4.69) is 9.27 Å². The molecule has 1 heterocycles. The number of anilines is 1. The van der Waals surface area contributed by atoms with Crippen molar-refractivity contribution in [1.82, 2.24) is 4.98 Å². The Morgan fingerprint density at radius 1 is 1.75 bits per heavy atom. The van der Waals surface area contributed by atoms with E-state index >= 15 is 0 Å². The van der Waals surface area contributed by atoms with E-state index in [1.165, 1.54) is 13.2 Å². The Morgan fingerprint density at radius 3 is 3.00 bits per heavy atom. The molecule has 0 radical (unpaired) electrons. The Labute approximate surface area is 72.4 Å². The van der Waals surface area contributed by atoms with Crippen LogP contribution in [0.1, 0.15) is 0 Å². The van der Waals surface area contributed by atoms with Gasteiger partial charge in [0.1, 0.15) is 11.4 Å². The Morgan fingerprint density at radius 2 is 2.50 bits per heavy atom. The molecule has 1 unspecified atom stereocenters. The number of pyridine rings is 1. The predicted molar refractivity (Wildman–Crippen MR) is 42.6 cm³/mol. The lowest BCUT2D eigenvalue weighted by atomic mass is 10.4. The minimum atomic E-state index is -2.55. The van der Waals surface area contributed by atoms with Gasteiger partial charge in [0, 0.05) is 13.2 Å². The zero-order valence-electron chi connectivity index (χ0n) is 6.34. The average molecular weight is 187 g/mol. The standard InChI is InChI=1S/C6H8N2O3S/c1-8(11-12(9)10)6-3-2-4-7-5-6/h2-5H,1H3,(H,9,10)/p-1. The van der Waals surface area contributed by atoms with E-state index < -0.39 is 11.4 Å². The fourth-order valence-corrected chi connectivity index (χ4v) is 0.943. The second-order valence-corrected chi connectivity index (χ2v) is 2.54. The van der Waals surface area contributed by atoms with Crippen LogP contribution in [0, 0.1) is 0 Å². The van der Waals surface area contributed by atoms with Gasteiger partial charge in [0.15, 0.2) is 0 Å². The molecule has 5 nitrogen and oxygen atoms in total. The first-order chi connectivity index (χ1) is 5.70. The van der Waals surface area contributed by atoms with Crippen LogP contribution in [-0.4, -0.2) is 20.8 Å². The monoisotopic (exact) mass is 187 g/mol. The van der Waals surface area contributed by atoms with Gasteiger partial charge in [-0.05, 0) is 12.1 Å². The zero-order chi connectivity index (χ0) is 8.97. The minimum Gasteiger partial charge on any atom is -0.748 e. The van der Waals surface area contributed by atoms with Crippen LogP contribution in [0.2, 0.25) is 0 Å². The summed E-state index contributed by atoms with van der Waals surface area (Å²) in [5.74, 6) is 0. The van der Waals surface area contributed by atoms with Crippen LogP contribution in [0.4, 0.5) is 5.69 Å². The van der Waals surface area contributed by atoms with Gasteiger partial charge in [0.2, 0.25) is 0 Å². The third-order valence-electron chi connectivity index (χ3n) is 1.18. The number of hydroxylamine groups is 1. The predicted octanol–water partition coefficient (Wildman–Crippen LogP) is 0.244. The molecule has 6 heteroatoms. The molecule has 0 fully saturated rings. The van der Waals surface area contributed by atoms with E-state index in [9.17, 15) is 8.76 Å². The lowest BCUT2D eigenvalue weighted by Gasteiger charge is -2.17. The summed E-state index contributed by atoms with van der Waals surface area (Å²) in [7, 11) is 1.48. The molecule has 1 aromatic heterocycles. The van der Waals surface area contributed by atoms with Gasteiger partial charge in [-0.15, -0.1) is 0 Å². The van der Waals surface area contributed by atoms with Gasteiger partial charge in [-0.1, -0.05) is 0 Å². The summed E-state index contributed by atoms with van der Waals surface area (Å²) in [5.41, 5.74) is 0.571. The molecule has 0 aliphatic rings. The molecule has 0 saturated carbocycles. The van der Waals surface area contributed by atoms with Gasteiger partial charge in [0.25, 0.3) is 0 Å². The van der Waals surface area contributed by atoms with Crippen LogP contribution in [0.15, 0.2) is 24.5 Å². The SMILES string of the molecule is CN(OS(=O)[O-])c1cccnc1. The van der Waals surface area contributed by atoms with Crippen molar-refractivity contribution in [1.29, 1.82) is 0 Å². The molecule has 0 aliphatic heterocycles. The van der Waals surface area contributed by atoms with Crippen molar-refractivity contribution in [3.63, 3.8) is 0 Å². The molecule has 12 heavy (non-hydrogen) atoms. The van der Waals surface area contributed by atoms with Crippen LogP contribution < -0.4 is 5.06 Å². The van der Waals surface area contributed by atoms with Crippen LogP contribution in [0.3, 0.4) is 0 Å². The number of hydrogen-bond donors (Lipinski definition) is 0. The lowest BCUT2D eigenvalue weighted by molar-refractivity contribution is 0.289. The minimum absolute atomic E-state index is 0.571. The van der Waals surface area contributed by atoms with Gasteiger partial charge in [-0.25, -0.2) is 9.27 Å². The van der Waals surface area contributed by atoms with Crippen molar-refractivity contribution in [2.75, 3.05) is 12.1 Å². The summed E-state index contributed by atoms with van der Waals surface area (Å²) in [6, 6.07) is 3.36. The Bertz CT molecular complexity index is 267. The molecule has 1 rings (SSSR count). The molecule has 1 atom stereocenters. The largest absolute Gasteiger partial charge is 0.748 e. The molecule has 0 amide bonds. The van der Waals surface area contributed by atoms with E-state index in [0.29, 0.717) is 5.69 Å². The Kier molecular flexibility index (Phi) is 3.15. The van der Waals surface area contributed by atoms with E-state index in [0.717, 1.165) is 5.06 Å². The fraction of sp³-hybridized carbons (Fsp3) is 0.167. The molecule has 1 aromatic rings. The zero-order valence-corrected chi connectivity index (χ0v) is 7.15. The van der Waals surface area contributed by atoms with Crippen molar-refractivity contribution in [2.24, 2.45) is 0 Å². The number of nitrogens with zero attached hydrogens (tertiary/aromatic N) is 2. The highest BCUT2D eigenvalue weighted by molar-refractivity contribution is 7.74. The second-order valence-electron chi connectivity index (χ2n) is 1.99. The summed E-state index contributed by atoms with van der Waals surface area (Å²) in [5, 5.41) is 1.11. The molecule has 66 valence electrons. The quantitative estimate of drug-likeness (QED) is 0.501. The van der Waals surface area contributed by atoms with Crippen LogP contribution in [0.25, 0.3) is 0 Å². The molecule has 0 saturated heterocycles.